The minimum absolute atomic E-state index is 0.276. The molecular weight excluding hydrogens is 350 g/mol. The summed E-state index contributed by atoms with van der Waals surface area (Å²) in [5.74, 6) is -6.55. The summed E-state index contributed by atoms with van der Waals surface area (Å²) in [4.78, 5) is 12.2. The Morgan fingerprint density at radius 1 is 1.12 bits per heavy atom. The van der Waals surface area contributed by atoms with Crippen LogP contribution < -0.4 is 5.32 Å². The Hall–Kier alpha value is -3.16. The lowest BCUT2D eigenvalue weighted by atomic mass is 10.1. The van der Waals surface area contributed by atoms with Crippen molar-refractivity contribution < 1.29 is 22.4 Å². The SMILES string of the molecule is Cc1ccccc1C(=O)Nc1cnn(Cc2c(F)cc(F)c(F)c2F)c1. The third-order valence-corrected chi connectivity index (χ3v) is 3.81. The highest BCUT2D eigenvalue weighted by Gasteiger charge is 2.19. The van der Waals surface area contributed by atoms with Gasteiger partial charge in [-0.25, -0.2) is 17.6 Å². The Balaban J connectivity index is 1.78. The maximum absolute atomic E-state index is 13.7. The second kappa shape index (κ2) is 6.99. The fraction of sp³-hybridized carbons (Fsp3) is 0.111. The van der Waals surface area contributed by atoms with Crippen molar-refractivity contribution in [3.8, 4) is 0 Å². The molecule has 1 heterocycles. The normalized spacial score (nSPS) is 10.8. The van der Waals surface area contributed by atoms with Crippen LogP contribution in [-0.4, -0.2) is 15.7 Å². The molecule has 0 saturated heterocycles. The Bertz CT molecular complexity index is 985. The molecule has 4 nitrogen and oxygen atoms in total. The number of hydrogen-bond donors (Lipinski definition) is 1. The van der Waals surface area contributed by atoms with Gasteiger partial charge in [-0.3, -0.25) is 9.48 Å². The molecule has 134 valence electrons. The maximum atomic E-state index is 13.7. The third kappa shape index (κ3) is 3.44. The molecule has 1 N–H and O–H groups in total. The predicted octanol–water partition coefficient (Wildman–Crippen LogP) is 4.05. The number of rotatable bonds is 4. The van der Waals surface area contributed by atoms with Crippen LogP contribution in [0.3, 0.4) is 0 Å². The molecule has 0 atom stereocenters. The third-order valence-electron chi connectivity index (χ3n) is 3.81. The number of halogens is 4. The van der Waals surface area contributed by atoms with Gasteiger partial charge in [0.1, 0.15) is 5.82 Å². The van der Waals surface area contributed by atoms with Crippen LogP contribution in [0.25, 0.3) is 0 Å². The van der Waals surface area contributed by atoms with Crippen LogP contribution in [0.5, 0.6) is 0 Å². The average molecular weight is 363 g/mol. The van der Waals surface area contributed by atoms with E-state index >= 15 is 0 Å². The molecule has 1 aromatic heterocycles. The first-order valence-corrected chi connectivity index (χ1v) is 7.58. The van der Waals surface area contributed by atoms with Gasteiger partial charge in [0.2, 0.25) is 0 Å². The topological polar surface area (TPSA) is 46.9 Å². The predicted molar refractivity (Wildman–Crippen MR) is 86.7 cm³/mol. The Labute approximate surface area is 146 Å². The average Bonchev–Trinajstić information content (AvgIpc) is 3.04. The molecule has 3 aromatic rings. The van der Waals surface area contributed by atoms with E-state index in [0.29, 0.717) is 11.3 Å². The smallest absolute Gasteiger partial charge is 0.256 e. The minimum Gasteiger partial charge on any atom is -0.319 e. The molecule has 0 saturated carbocycles. The standard InChI is InChI=1S/C18H13F4N3O/c1-10-4-2-3-5-12(10)18(26)24-11-7-23-25(8-11)9-13-14(19)6-15(20)17(22)16(13)21/h2-8H,9H2,1H3,(H,24,26). The number of aromatic nitrogens is 2. The van der Waals surface area contributed by atoms with Crippen molar-refractivity contribution in [2.45, 2.75) is 13.5 Å². The van der Waals surface area contributed by atoms with Crippen LogP contribution >= 0.6 is 0 Å². The number of nitrogens with one attached hydrogen (secondary N) is 1. The van der Waals surface area contributed by atoms with Gasteiger partial charge in [-0.15, -0.1) is 0 Å². The summed E-state index contributed by atoms with van der Waals surface area (Å²) in [6.07, 6.45) is 2.61. The molecule has 1 amide bonds. The summed E-state index contributed by atoms with van der Waals surface area (Å²) >= 11 is 0. The number of hydrogen-bond acceptors (Lipinski definition) is 2. The zero-order valence-electron chi connectivity index (χ0n) is 13.6. The quantitative estimate of drug-likeness (QED) is 0.432. The lowest BCUT2D eigenvalue weighted by Gasteiger charge is -2.07. The van der Waals surface area contributed by atoms with Gasteiger partial charge in [0.15, 0.2) is 17.5 Å². The number of aryl methyl sites for hydroxylation is 1. The molecule has 3 rings (SSSR count). The Morgan fingerprint density at radius 2 is 1.85 bits per heavy atom. The van der Waals surface area contributed by atoms with Crippen molar-refractivity contribution in [2.75, 3.05) is 5.32 Å². The van der Waals surface area contributed by atoms with E-state index in [1.165, 1.54) is 12.4 Å². The van der Waals surface area contributed by atoms with Gasteiger partial charge in [0, 0.05) is 23.4 Å². The Morgan fingerprint density at radius 3 is 2.58 bits per heavy atom. The van der Waals surface area contributed by atoms with E-state index in [-0.39, 0.29) is 12.0 Å². The highest BCUT2D eigenvalue weighted by atomic mass is 19.2. The van der Waals surface area contributed by atoms with E-state index in [0.717, 1.165) is 10.2 Å². The zero-order chi connectivity index (χ0) is 18.8. The fourth-order valence-electron chi connectivity index (χ4n) is 2.45. The largest absolute Gasteiger partial charge is 0.319 e. The van der Waals surface area contributed by atoms with E-state index < -0.39 is 35.4 Å². The highest BCUT2D eigenvalue weighted by molar-refractivity contribution is 6.05. The summed E-state index contributed by atoms with van der Waals surface area (Å²) in [5.41, 5.74) is 0.881. The van der Waals surface area contributed by atoms with E-state index in [2.05, 4.69) is 10.4 Å². The second-order valence-electron chi connectivity index (χ2n) is 5.64. The van der Waals surface area contributed by atoms with Gasteiger partial charge in [-0.1, -0.05) is 18.2 Å². The van der Waals surface area contributed by atoms with E-state index in [4.69, 9.17) is 0 Å². The number of anilines is 1. The molecular formula is C18H13F4N3O. The van der Waals surface area contributed by atoms with Crippen LogP contribution in [0.15, 0.2) is 42.7 Å². The number of benzene rings is 2. The van der Waals surface area contributed by atoms with Crippen LogP contribution in [0.1, 0.15) is 21.5 Å². The molecule has 0 spiro atoms. The van der Waals surface area contributed by atoms with E-state index in [9.17, 15) is 22.4 Å². The van der Waals surface area contributed by atoms with E-state index in [1.807, 2.05) is 0 Å². The summed E-state index contributed by atoms with van der Waals surface area (Å²) in [6.45, 7) is 1.32. The van der Waals surface area contributed by atoms with Gasteiger partial charge in [-0.05, 0) is 18.6 Å². The van der Waals surface area contributed by atoms with Crippen LogP contribution in [0.2, 0.25) is 0 Å². The molecule has 0 unspecified atom stereocenters. The minimum atomic E-state index is -1.75. The first-order valence-electron chi connectivity index (χ1n) is 7.58. The van der Waals surface area contributed by atoms with Crippen molar-refractivity contribution in [3.05, 3.63) is 82.7 Å². The summed E-state index contributed by atoms with van der Waals surface area (Å²) < 4.78 is 54.8. The number of amides is 1. The Kier molecular flexibility index (Phi) is 4.75. The summed E-state index contributed by atoms with van der Waals surface area (Å²) in [5, 5.41) is 6.48. The number of nitrogens with zero attached hydrogens (tertiary/aromatic N) is 2. The van der Waals surface area contributed by atoms with Crippen LogP contribution in [-0.2, 0) is 6.54 Å². The monoisotopic (exact) mass is 363 g/mol. The van der Waals surface area contributed by atoms with Crippen molar-refractivity contribution in [2.24, 2.45) is 0 Å². The molecule has 0 aliphatic carbocycles. The molecule has 0 radical (unpaired) electrons. The maximum Gasteiger partial charge on any atom is 0.256 e. The van der Waals surface area contributed by atoms with Crippen LogP contribution in [0, 0.1) is 30.2 Å². The van der Waals surface area contributed by atoms with Gasteiger partial charge < -0.3 is 5.32 Å². The zero-order valence-corrected chi connectivity index (χ0v) is 13.6. The van der Waals surface area contributed by atoms with Crippen molar-refractivity contribution in [3.63, 3.8) is 0 Å². The van der Waals surface area contributed by atoms with Gasteiger partial charge >= 0.3 is 0 Å². The van der Waals surface area contributed by atoms with Crippen LogP contribution in [0.4, 0.5) is 23.2 Å². The van der Waals surface area contributed by atoms with Gasteiger partial charge in [0.05, 0.1) is 18.4 Å². The van der Waals surface area contributed by atoms with Gasteiger partial charge in [0.25, 0.3) is 5.91 Å². The first kappa shape index (κ1) is 17.7. The van der Waals surface area contributed by atoms with Crippen molar-refractivity contribution >= 4 is 11.6 Å². The fourth-order valence-corrected chi connectivity index (χ4v) is 2.45. The highest BCUT2D eigenvalue weighted by Crippen LogP contribution is 2.20. The van der Waals surface area contributed by atoms with E-state index in [1.54, 1.807) is 31.2 Å². The molecule has 0 bridgehead atoms. The lowest BCUT2D eigenvalue weighted by Crippen LogP contribution is -2.13. The van der Waals surface area contributed by atoms with Crippen molar-refractivity contribution in [1.29, 1.82) is 0 Å². The summed E-state index contributed by atoms with van der Waals surface area (Å²) in [6, 6.07) is 7.24. The van der Waals surface area contributed by atoms with Crippen molar-refractivity contribution in [1.82, 2.24) is 9.78 Å². The molecule has 0 fully saturated rings. The summed E-state index contributed by atoms with van der Waals surface area (Å²) in [7, 11) is 0. The number of carbonyl (C=O) groups excluding carboxylic acids is 1. The van der Waals surface area contributed by atoms with Gasteiger partial charge in [-0.2, -0.15) is 5.10 Å². The lowest BCUT2D eigenvalue weighted by molar-refractivity contribution is 0.102. The molecule has 0 aliphatic heterocycles. The molecule has 26 heavy (non-hydrogen) atoms. The molecule has 8 heteroatoms. The second-order valence-corrected chi connectivity index (χ2v) is 5.64. The molecule has 2 aromatic carbocycles. The first-order chi connectivity index (χ1) is 12.4. The molecule has 0 aliphatic rings. The number of carbonyl (C=O) groups is 1.